The van der Waals surface area contributed by atoms with E-state index in [9.17, 15) is 0 Å². The maximum Gasteiger partial charge on any atom is 0.124 e. The van der Waals surface area contributed by atoms with Crippen LogP contribution >= 0.6 is 0 Å². The van der Waals surface area contributed by atoms with Crippen LogP contribution < -0.4 is 0 Å². The van der Waals surface area contributed by atoms with E-state index in [-0.39, 0.29) is 22.4 Å². The van der Waals surface area contributed by atoms with Gasteiger partial charge < -0.3 is 9.47 Å². The second kappa shape index (κ2) is 3.89. The van der Waals surface area contributed by atoms with Gasteiger partial charge in [-0.2, -0.15) is 0 Å². The third-order valence-electron chi connectivity index (χ3n) is 7.76. The van der Waals surface area contributed by atoms with Crippen molar-refractivity contribution in [3.63, 3.8) is 0 Å². The highest BCUT2D eigenvalue weighted by Gasteiger charge is 2.76. The number of hydrogen-bond donors (Lipinski definition) is 0. The molecule has 0 spiro atoms. The molecule has 1 aromatic carbocycles. The van der Waals surface area contributed by atoms with Crippen molar-refractivity contribution < 1.29 is 9.47 Å². The number of rotatable bonds is 1. The van der Waals surface area contributed by atoms with E-state index in [0.717, 1.165) is 25.7 Å². The minimum atomic E-state index is -0.273. The normalized spacial score (nSPS) is 52.8. The van der Waals surface area contributed by atoms with Gasteiger partial charge in [-0.05, 0) is 50.7 Å². The van der Waals surface area contributed by atoms with Gasteiger partial charge in [0.1, 0.15) is 11.2 Å². The molecule has 0 amide bonds. The molecular weight excluding hydrogens is 296 g/mol. The third-order valence-corrected chi connectivity index (χ3v) is 7.76. The fourth-order valence-electron chi connectivity index (χ4n) is 6.71. The molecule has 24 heavy (non-hydrogen) atoms. The molecule has 0 radical (unpaired) electrons. The van der Waals surface area contributed by atoms with E-state index in [1.807, 2.05) is 0 Å². The lowest BCUT2D eigenvalue weighted by atomic mass is 9.57. The van der Waals surface area contributed by atoms with E-state index in [1.54, 1.807) is 0 Å². The Morgan fingerprint density at radius 2 is 1.58 bits per heavy atom. The lowest BCUT2D eigenvalue weighted by molar-refractivity contribution is -0.208. The Morgan fingerprint density at radius 1 is 0.833 bits per heavy atom. The third kappa shape index (κ3) is 1.25. The minimum Gasteiger partial charge on any atom is -0.364 e. The van der Waals surface area contributed by atoms with Crippen LogP contribution in [0.25, 0.3) is 0 Å². The topological polar surface area (TPSA) is 18.5 Å². The number of ether oxygens (including phenoxy) is 2. The summed E-state index contributed by atoms with van der Waals surface area (Å²) in [7, 11) is 0. The van der Waals surface area contributed by atoms with Crippen molar-refractivity contribution in [3.05, 3.63) is 59.7 Å². The average Bonchev–Trinajstić information content (AvgIpc) is 3.29. The van der Waals surface area contributed by atoms with Crippen LogP contribution in [0.4, 0.5) is 0 Å². The number of hydrogen-bond acceptors (Lipinski definition) is 2. The highest BCUT2D eigenvalue weighted by molar-refractivity contribution is 5.48. The summed E-state index contributed by atoms with van der Waals surface area (Å²) in [6, 6.07) is 8.88. The van der Waals surface area contributed by atoms with Crippen LogP contribution in [0.15, 0.2) is 48.6 Å². The van der Waals surface area contributed by atoms with Crippen LogP contribution in [0.2, 0.25) is 0 Å². The van der Waals surface area contributed by atoms with Gasteiger partial charge in [-0.15, -0.1) is 0 Å². The first-order valence-electron chi connectivity index (χ1n) is 9.39. The Kier molecular flexibility index (Phi) is 2.25. The van der Waals surface area contributed by atoms with Gasteiger partial charge in [0.15, 0.2) is 0 Å². The van der Waals surface area contributed by atoms with Crippen LogP contribution in [0.3, 0.4) is 0 Å². The number of fused-ring (bicyclic) bond motifs is 11. The van der Waals surface area contributed by atoms with Crippen LogP contribution in [0.1, 0.15) is 50.7 Å². The number of allylic oxidation sites excluding steroid dienone is 2. The molecule has 0 aromatic heterocycles. The molecule has 4 heterocycles. The maximum atomic E-state index is 6.97. The fraction of sp³-hybridized carbons (Fsp3) is 0.545. The maximum absolute atomic E-state index is 6.97. The van der Waals surface area contributed by atoms with E-state index in [0.29, 0.717) is 11.8 Å². The Balaban J connectivity index is 1.60. The van der Waals surface area contributed by atoms with Crippen molar-refractivity contribution in [2.75, 3.05) is 0 Å². The van der Waals surface area contributed by atoms with E-state index < -0.39 is 0 Å². The monoisotopic (exact) mass is 320 g/mol. The molecule has 5 aliphatic rings. The molecular formula is C22H24O2. The molecule has 2 heteroatoms. The van der Waals surface area contributed by atoms with Crippen LogP contribution in [0.5, 0.6) is 0 Å². The van der Waals surface area contributed by atoms with Crippen molar-refractivity contribution in [1.29, 1.82) is 0 Å². The van der Waals surface area contributed by atoms with Gasteiger partial charge in [0.25, 0.3) is 0 Å². The molecule has 6 rings (SSSR count). The Morgan fingerprint density at radius 3 is 2.42 bits per heavy atom. The van der Waals surface area contributed by atoms with Gasteiger partial charge in [0, 0.05) is 11.8 Å². The quantitative estimate of drug-likeness (QED) is 0.753. The first-order chi connectivity index (χ1) is 11.5. The lowest BCUT2D eigenvalue weighted by Crippen LogP contribution is -2.54. The first-order valence-corrected chi connectivity index (χ1v) is 9.39. The van der Waals surface area contributed by atoms with E-state index in [4.69, 9.17) is 9.47 Å². The SMILES string of the molecule is CC12CCC(C34CCC(C)(O3)C3C=CC=CC34)(O1)c1ccccc12. The van der Waals surface area contributed by atoms with E-state index in [2.05, 4.69) is 62.4 Å². The summed E-state index contributed by atoms with van der Waals surface area (Å²) in [6.45, 7) is 4.59. The molecule has 4 bridgehead atoms. The Labute approximate surface area is 143 Å². The second-order valence-corrected chi connectivity index (χ2v) is 8.83. The molecule has 1 aliphatic carbocycles. The standard InChI is InChI=1S/C22H24O2/c1-19-11-13-21(23-19,17-9-5-3-7-15(17)19)22-14-12-20(2,24-22)16-8-4-6-10-18(16)22/h3-10,15,17H,11-14H2,1-2H3. The summed E-state index contributed by atoms with van der Waals surface area (Å²) >= 11 is 0. The predicted octanol–water partition coefficient (Wildman–Crippen LogP) is 4.60. The van der Waals surface area contributed by atoms with Gasteiger partial charge in [-0.3, -0.25) is 0 Å². The van der Waals surface area contributed by atoms with Gasteiger partial charge in [0.05, 0.1) is 11.2 Å². The summed E-state index contributed by atoms with van der Waals surface area (Å²) in [4.78, 5) is 0. The fourth-order valence-corrected chi connectivity index (χ4v) is 6.71. The Bertz CT molecular complexity index is 810. The van der Waals surface area contributed by atoms with Crippen molar-refractivity contribution >= 4 is 0 Å². The zero-order valence-corrected chi connectivity index (χ0v) is 14.4. The van der Waals surface area contributed by atoms with Crippen molar-refractivity contribution in [1.82, 2.24) is 0 Å². The Hall–Kier alpha value is -1.38. The molecule has 6 unspecified atom stereocenters. The molecule has 0 saturated carbocycles. The summed E-state index contributed by atoms with van der Waals surface area (Å²) in [6.07, 6.45) is 13.6. The van der Waals surface area contributed by atoms with Gasteiger partial charge in [-0.1, -0.05) is 48.6 Å². The molecule has 3 fully saturated rings. The molecule has 0 N–H and O–H groups in total. The van der Waals surface area contributed by atoms with Crippen molar-refractivity contribution in [2.45, 2.75) is 61.9 Å². The molecule has 1 aromatic rings. The minimum absolute atomic E-state index is 0.0411. The summed E-state index contributed by atoms with van der Waals surface area (Å²) in [5.74, 6) is 0.906. The van der Waals surface area contributed by atoms with Crippen LogP contribution in [0, 0.1) is 11.8 Å². The highest BCUT2D eigenvalue weighted by atomic mass is 16.6. The smallest absolute Gasteiger partial charge is 0.124 e. The largest absolute Gasteiger partial charge is 0.364 e. The second-order valence-electron chi connectivity index (χ2n) is 8.83. The first kappa shape index (κ1) is 13.9. The zero-order valence-electron chi connectivity index (χ0n) is 14.4. The molecule has 6 atom stereocenters. The lowest BCUT2D eigenvalue weighted by Gasteiger charge is -2.47. The summed E-state index contributed by atoms with van der Waals surface area (Å²) in [5, 5.41) is 0. The summed E-state index contributed by atoms with van der Waals surface area (Å²) < 4.78 is 13.9. The molecule has 2 nitrogen and oxygen atoms in total. The molecule has 3 saturated heterocycles. The summed E-state index contributed by atoms with van der Waals surface area (Å²) in [5.41, 5.74) is 2.12. The highest BCUT2D eigenvalue weighted by Crippen LogP contribution is 2.72. The average molecular weight is 320 g/mol. The van der Waals surface area contributed by atoms with E-state index in [1.165, 1.54) is 11.1 Å². The van der Waals surface area contributed by atoms with Crippen LogP contribution in [-0.2, 0) is 20.7 Å². The number of benzene rings is 1. The van der Waals surface area contributed by atoms with Gasteiger partial charge in [-0.25, -0.2) is 0 Å². The molecule has 4 aliphatic heterocycles. The van der Waals surface area contributed by atoms with Crippen molar-refractivity contribution in [3.8, 4) is 0 Å². The van der Waals surface area contributed by atoms with Gasteiger partial charge in [0.2, 0.25) is 0 Å². The van der Waals surface area contributed by atoms with Gasteiger partial charge >= 0.3 is 0 Å². The van der Waals surface area contributed by atoms with Crippen molar-refractivity contribution in [2.24, 2.45) is 11.8 Å². The predicted molar refractivity (Wildman–Crippen MR) is 92.5 cm³/mol. The van der Waals surface area contributed by atoms with E-state index >= 15 is 0 Å². The van der Waals surface area contributed by atoms with Crippen LogP contribution in [-0.4, -0.2) is 11.2 Å². The zero-order chi connectivity index (χ0) is 16.2. The molecule has 124 valence electrons.